The quantitative estimate of drug-likeness (QED) is 0.313. The van der Waals surface area contributed by atoms with Crippen molar-refractivity contribution in [1.82, 2.24) is 0 Å². The van der Waals surface area contributed by atoms with Gasteiger partial charge in [0.05, 0.1) is 6.61 Å². The lowest BCUT2D eigenvalue weighted by Gasteiger charge is -2.01. The van der Waals surface area contributed by atoms with E-state index in [1.165, 1.54) is 38.5 Å². The molecule has 19 heavy (non-hydrogen) atoms. The van der Waals surface area contributed by atoms with E-state index < -0.39 is 6.16 Å². The van der Waals surface area contributed by atoms with Gasteiger partial charge in [-0.1, -0.05) is 51.9 Å². The lowest BCUT2D eigenvalue weighted by atomic mass is 10.1. The molecule has 116 valence electrons. The van der Waals surface area contributed by atoms with E-state index in [1.807, 2.05) is 0 Å². The third-order valence-corrected chi connectivity index (χ3v) is 2.29. The lowest BCUT2D eigenvalue weighted by Crippen LogP contribution is -2.04. The average molecular weight is 303 g/mol. The van der Waals surface area contributed by atoms with Gasteiger partial charge in [-0.15, -0.1) is 12.4 Å². The molecule has 8 heteroatoms. The van der Waals surface area contributed by atoms with Gasteiger partial charge in [-0.2, -0.15) is 0 Å². The number of carbonyl (C=O) groups is 1. The van der Waals surface area contributed by atoms with Crippen LogP contribution in [0.5, 0.6) is 0 Å². The lowest BCUT2D eigenvalue weighted by molar-refractivity contribution is -0.698. The number of carboxylic acid groups (broad SMARTS) is 1. The molecule has 0 fully saturated rings. The van der Waals surface area contributed by atoms with Crippen LogP contribution in [0, 0.1) is 0 Å². The Morgan fingerprint density at radius 1 is 0.895 bits per heavy atom. The van der Waals surface area contributed by atoms with E-state index in [2.05, 4.69) is 31.8 Å². The Hall–Kier alpha value is -0.600. The van der Waals surface area contributed by atoms with E-state index in [4.69, 9.17) is 5.11 Å². The van der Waals surface area contributed by atoms with Crippen molar-refractivity contribution in [2.75, 3.05) is 6.61 Å². The number of hydrogen-bond donors (Lipinski definition) is 1. The molecule has 0 amide bonds. The average Bonchev–Trinajstić information content (AvgIpc) is 2.34. The molecule has 0 aromatic rings. The molecule has 0 rings (SSSR count). The first-order valence-electron chi connectivity index (χ1n) is 6.29. The molecule has 7 nitrogen and oxygen atoms in total. The van der Waals surface area contributed by atoms with Gasteiger partial charge in [0.2, 0.25) is 0 Å². The molecule has 0 atom stereocenters. The molecule has 1 N–H and O–H groups in total. The Morgan fingerprint density at radius 3 is 2.05 bits per heavy atom. The molecule has 0 aromatic carbocycles. The fourth-order valence-electron chi connectivity index (χ4n) is 1.40. The zero-order valence-electron chi connectivity index (χ0n) is 11.2. The zero-order valence-corrected chi connectivity index (χ0v) is 12.0. The van der Waals surface area contributed by atoms with Crippen LogP contribution < -0.4 is 0 Å². The smallest absolute Gasteiger partial charge is 0.448 e. The van der Waals surface area contributed by atoms with E-state index in [0.29, 0.717) is 6.61 Å². The monoisotopic (exact) mass is 302 g/mol. The molecule has 0 spiro atoms. The summed E-state index contributed by atoms with van der Waals surface area (Å²) >= 11 is 0. The van der Waals surface area contributed by atoms with Crippen LogP contribution in [0.4, 0.5) is 4.79 Å². The molecule has 0 unspecified atom stereocenters. The minimum atomic E-state index is -1.64. The molecule has 0 aromatic heterocycles. The highest BCUT2D eigenvalue weighted by Gasteiger charge is 1.99. The van der Waals surface area contributed by atoms with Crippen LogP contribution in [0.1, 0.15) is 58.3 Å². The number of rotatable bonds is 13. The summed E-state index contributed by atoms with van der Waals surface area (Å²) in [5.74, 6) is 0. The fourth-order valence-corrected chi connectivity index (χ4v) is 1.40. The summed E-state index contributed by atoms with van der Waals surface area (Å²) in [6.07, 6.45) is 7.85. The maximum absolute atomic E-state index is 9.78. The second kappa shape index (κ2) is 17.4. The Kier molecular flexibility index (Phi) is 19.0. The molecule has 0 aliphatic heterocycles. The summed E-state index contributed by atoms with van der Waals surface area (Å²) in [6, 6.07) is 0. The van der Waals surface area contributed by atoms with Crippen molar-refractivity contribution in [2.45, 2.75) is 58.3 Å². The van der Waals surface area contributed by atoms with Crippen molar-refractivity contribution in [1.29, 1.82) is 0 Å². The number of hydrogen-bond acceptors (Lipinski definition) is 6. The van der Waals surface area contributed by atoms with Gasteiger partial charge in [0.15, 0.2) is 0 Å². The van der Waals surface area contributed by atoms with Gasteiger partial charge in [0.25, 0.3) is 0 Å². The van der Waals surface area contributed by atoms with E-state index in [1.54, 1.807) is 0 Å². The second-order valence-electron chi connectivity index (χ2n) is 3.85. The molecule has 0 bridgehead atoms. The van der Waals surface area contributed by atoms with Gasteiger partial charge in [0, 0.05) is 10.1 Å². The summed E-state index contributed by atoms with van der Waals surface area (Å²) < 4.78 is 0. The van der Waals surface area contributed by atoms with Crippen molar-refractivity contribution in [3.63, 3.8) is 0 Å². The van der Waals surface area contributed by atoms with Crippen molar-refractivity contribution in [3.8, 4) is 0 Å². The van der Waals surface area contributed by atoms with Gasteiger partial charge < -0.3 is 5.11 Å². The first kappa shape index (κ1) is 20.7. The Bertz CT molecular complexity index is 192. The minimum Gasteiger partial charge on any atom is -0.448 e. The predicted octanol–water partition coefficient (Wildman–Crippen LogP) is 3.97. The van der Waals surface area contributed by atoms with Crippen LogP contribution in [-0.4, -0.2) is 17.9 Å². The number of unbranched alkanes of at least 4 members (excludes halogenated alkanes) is 7. The topological polar surface area (TPSA) is 83.5 Å². The van der Waals surface area contributed by atoms with Gasteiger partial charge in [-0.3, -0.25) is 0 Å². The van der Waals surface area contributed by atoms with Gasteiger partial charge in [-0.25, -0.2) is 14.6 Å². The number of halogens is 1. The third-order valence-electron chi connectivity index (χ3n) is 2.29. The predicted molar refractivity (Wildman–Crippen MR) is 68.2 cm³/mol. The summed E-state index contributed by atoms with van der Waals surface area (Å²) in [5.41, 5.74) is 0. The zero-order chi connectivity index (χ0) is 13.5. The Balaban J connectivity index is 0. The third kappa shape index (κ3) is 19.9. The van der Waals surface area contributed by atoms with Crippen LogP contribution in [0.3, 0.4) is 0 Å². The van der Waals surface area contributed by atoms with Crippen molar-refractivity contribution < 1.29 is 34.8 Å². The highest BCUT2D eigenvalue weighted by molar-refractivity contribution is 5.85. The van der Waals surface area contributed by atoms with Crippen LogP contribution in [-0.2, 0) is 24.9 Å². The van der Waals surface area contributed by atoms with Crippen LogP contribution >= 0.6 is 12.4 Å². The SMILES string of the molecule is CCCCCCCCCCOOOOOC(=O)O.Cl. The maximum atomic E-state index is 9.78. The molecule has 0 heterocycles. The van der Waals surface area contributed by atoms with Gasteiger partial charge in [0.1, 0.15) is 0 Å². The molecule has 0 aliphatic rings. The van der Waals surface area contributed by atoms with Gasteiger partial charge >= 0.3 is 6.16 Å². The standard InChI is InChI=1S/C11H22O7.ClH/c1-2-3-4-5-6-7-8-9-10-14-16-18-17-15-11(12)13;/h2-10H2,1H3,(H,12,13);1H. The molecule has 0 saturated carbocycles. The van der Waals surface area contributed by atoms with Crippen molar-refractivity contribution in [2.24, 2.45) is 0 Å². The first-order valence-corrected chi connectivity index (χ1v) is 6.29. The summed E-state index contributed by atoms with van der Waals surface area (Å²) in [7, 11) is 0. The maximum Gasteiger partial charge on any atom is 0.540 e. The first-order chi connectivity index (χ1) is 8.77. The van der Waals surface area contributed by atoms with Crippen LogP contribution in [0.2, 0.25) is 0 Å². The van der Waals surface area contributed by atoms with Crippen molar-refractivity contribution >= 4 is 18.6 Å². The normalized spacial score (nSPS) is 9.95. The molecule has 0 radical (unpaired) electrons. The van der Waals surface area contributed by atoms with E-state index >= 15 is 0 Å². The molecular formula is C11H23ClO7. The van der Waals surface area contributed by atoms with E-state index in [0.717, 1.165) is 12.8 Å². The van der Waals surface area contributed by atoms with Crippen LogP contribution in [0.15, 0.2) is 0 Å². The largest absolute Gasteiger partial charge is 0.540 e. The Morgan fingerprint density at radius 2 is 1.47 bits per heavy atom. The van der Waals surface area contributed by atoms with Gasteiger partial charge in [-0.05, 0) is 11.5 Å². The molecule has 0 saturated heterocycles. The highest BCUT2D eigenvalue weighted by atomic mass is 35.5. The minimum absolute atomic E-state index is 0. The summed E-state index contributed by atoms with van der Waals surface area (Å²) in [5, 5.41) is 19.4. The van der Waals surface area contributed by atoms with Crippen molar-refractivity contribution in [3.05, 3.63) is 0 Å². The van der Waals surface area contributed by atoms with Crippen LogP contribution in [0.25, 0.3) is 0 Å². The summed E-state index contributed by atoms with van der Waals surface area (Å²) in [4.78, 5) is 17.8. The molecular weight excluding hydrogens is 280 g/mol. The Labute approximate surface area is 119 Å². The van der Waals surface area contributed by atoms with E-state index in [-0.39, 0.29) is 12.4 Å². The summed E-state index contributed by atoms with van der Waals surface area (Å²) in [6.45, 7) is 2.55. The fraction of sp³-hybridized carbons (Fsp3) is 0.909. The molecule has 0 aliphatic carbocycles. The highest BCUT2D eigenvalue weighted by Crippen LogP contribution is 2.08. The second-order valence-corrected chi connectivity index (χ2v) is 3.85. The van der Waals surface area contributed by atoms with E-state index in [9.17, 15) is 4.79 Å².